The number of pyridine rings is 4. The predicted octanol–water partition coefficient (Wildman–Crippen LogP) is 9.45. The van der Waals surface area contributed by atoms with E-state index in [0.29, 0.717) is 77.3 Å². The molecule has 0 radical (unpaired) electrons. The Morgan fingerprint density at radius 1 is 0.729 bits per heavy atom. The van der Waals surface area contributed by atoms with E-state index in [1.165, 1.54) is 17.2 Å². The highest BCUT2D eigenvalue weighted by molar-refractivity contribution is 6.06. The third-order valence-electron chi connectivity index (χ3n) is 11.9. The second-order valence-corrected chi connectivity index (χ2v) is 17.2. The van der Waals surface area contributed by atoms with Gasteiger partial charge in [0, 0.05) is 82.4 Å². The Hall–Kier alpha value is -7.59. The number of carbonyl (C=O) groups excluding carboxylic acids is 3. The summed E-state index contributed by atoms with van der Waals surface area (Å²) in [6.45, 7) is 10.3. The van der Waals surface area contributed by atoms with Gasteiger partial charge in [-0.2, -0.15) is 26.3 Å². The molecule has 70 heavy (non-hydrogen) atoms. The lowest BCUT2D eigenvalue weighted by Gasteiger charge is -2.36. The smallest absolute Gasteiger partial charge is 0.389 e. The molecular weight excluding hydrogens is 927 g/mol. The molecule has 10 heterocycles. The summed E-state index contributed by atoms with van der Waals surface area (Å²) < 4.78 is 85.4. The van der Waals surface area contributed by atoms with Crippen molar-refractivity contribution in [2.24, 2.45) is 0 Å². The number of carbonyl (C=O) groups is 3. The molecule has 6 aromatic rings. The maximum atomic E-state index is 13.5. The van der Waals surface area contributed by atoms with E-state index in [2.05, 4.69) is 50.3 Å². The number of rotatable bonds is 9. The molecule has 0 saturated carbocycles. The maximum absolute atomic E-state index is 13.5. The number of hydrogen-bond acceptors (Lipinski definition) is 15. The van der Waals surface area contributed by atoms with E-state index in [-0.39, 0.29) is 29.1 Å². The predicted molar refractivity (Wildman–Crippen MR) is 247 cm³/mol. The van der Waals surface area contributed by atoms with E-state index in [1.807, 2.05) is 13.0 Å². The van der Waals surface area contributed by atoms with Crippen molar-refractivity contribution in [3.05, 3.63) is 95.5 Å². The number of oxazole rings is 2. The van der Waals surface area contributed by atoms with E-state index >= 15 is 0 Å². The van der Waals surface area contributed by atoms with Crippen molar-refractivity contribution in [1.29, 1.82) is 0 Å². The minimum Gasteiger partial charge on any atom is -0.441 e. The zero-order valence-electron chi connectivity index (χ0n) is 38.4. The van der Waals surface area contributed by atoms with E-state index in [1.54, 1.807) is 63.6 Å². The molecule has 0 aliphatic carbocycles. The minimum absolute atomic E-state index is 0.0865. The summed E-state index contributed by atoms with van der Waals surface area (Å²) in [5.41, 5.74) is 10.4. The minimum atomic E-state index is -4.44. The number of aryl methyl sites for hydroxylation is 4. The molecule has 17 nitrogen and oxygen atoms in total. The highest BCUT2D eigenvalue weighted by atomic mass is 19.4. The lowest BCUT2D eigenvalue weighted by molar-refractivity contribution is -0.134. The van der Waals surface area contributed by atoms with Gasteiger partial charge in [0.15, 0.2) is 46.5 Å². The van der Waals surface area contributed by atoms with Crippen molar-refractivity contribution < 1.29 is 49.6 Å². The van der Waals surface area contributed by atoms with Gasteiger partial charge in [-0.05, 0) is 74.2 Å². The van der Waals surface area contributed by atoms with E-state index in [4.69, 9.17) is 14.6 Å². The zero-order chi connectivity index (χ0) is 50.1. The molecule has 0 spiro atoms. The monoisotopic (exact) mass is 974 g/mol. The number of nitrogens with zero attached hydrogens (tertiary/aromatic N) is 9. The molecule has 2 amide bonds. The van der Waals surface area contributed by atoms with Gasteiger partial charge in [-0.1, -0.05) is 0 Å². The molecule has 2 atom stereocenters. The van der Waals surface area contributed by atoms with Crippen LogP contribution in [0.25, 0.3) is 22.6 Å². The number of Topliss-reactive ketones (excluding diaryl/α,β-unsaturated/α-hetero) is 2. The fourth-order valence-corrected chi connectivity index (χ4v) is 8.70. The molecule has 4 aliphatic heterocycles. The van der Waals surface area contributed by atoms with E-state index in [0.717, 1.165) is 36.3 Å². The Balaban J connectivity index is 0.000000162. The van der Waals surface area contributed by atoms with Gasteiger partial charge in [0.2, 0.25) is 0 Å². The van der Waals surface area contributed by atoms with Crippen molar-refractivity contribution >= 4 is 52.2 Å². The van der Waals surface area contributed by atoms with Gasteiger partial charge in [0.25, 0.3) is 0 Å². The molecule has 4 N–H and O–H groups in total. The highest BCUT2D eigenvalue weighted by Gasteiger charge is 2.42. The first-order valence-electron chi connectivity index (χ1n) is 22.3. The molecule has 4 bridgehead atoms. The van der Waals surface area contributed by atoms with Crippen LogP contribution < -0.4 is 31.1 Å². The summed E-state index contributed by atoms with van der Waals surface area (Å²) in [7, 11) is 0. The number of nitrogen functional groups attached to an aromatic ring is 1. The fraction of sp³-hybridized carbons (Fsp3) is 0.383. The van der Waals surface area contributed by atoms with Crippen LogP contribution in [0.4, 0.5) is 65.8 Å². The lowest BCUT2D eigenvalue weighted by atomic mass is 10.1. The molecule has 4 aliphatic rings. The number of ketones is 2. The SMILES string of the molecule is Cc1cc(C(=O)CCC(F)(F)F)nc2c1N1CC[C@@H](C1)N2.Cc1ncc(-c2ccnc(N)c2)o1.Cc1ncc(-c2ccnc(NC(=O)N3c4nc(C(=O)CCC(F)(F)F)cc(C)c4N4CC[C@H]3C4)c2)o1. The van der Waals surface area contributed by atoms with Crippen LogP contribution in [0.1, 0.15) is 82.4 Å². The van der Waals surface area contributed by atoms with Gasteiger partial charge in [-0.3, -0.25) is 19.8 Å². The molecule has 10 rings (SSSR count). The average Bonchev–Trinajstić information content (AvgIpc) is 4.12. The number of anilines is 6. The number of amides is 2. The van der Waals surface area contributed by atoms with Crippen LogP contribution in [0, 0.1) is 27.7 Å². The van der Waals surface area contributed by atoms with E-state index in [9.17, 15) is 40.7 Å². The third kappa shape index (κ3) is 11.5. The zero-order valence-corrected chi connectivity index (χ0v) is 38.4. The second-order valence-electron chi connectivity index (χ2n) is 17.2. The number of urea groups is 1. The Labute approximate surface area is 396 Å². The van der Waals surface area contributed by atoms with Crippen molar-refractivity contribution in [1.82, 2.24) is 29.9 Å². The van der Waals surface area contributed by atoms with Gasteiger partial charge in [0.05, 0.1) is 42.7 Å². The standard InChI is InChI=1S/C24H23F3N6O3.C14H16F3N3O.C9H9N3O/c1-13-9-17(18(34)3-6-24(25,26)27)30-22-21(13)32-8-5-16(12-32)33(22)23(35)31-20-10-15(4-7-28-20)19-11-29-14(2)36-19;1-8-6-10(11(21)2-4-14(15,16)17)19-13-12(8)20-5-3-9(7-20)18-13;1-6-12-5-8(13-6)7-2-3-11-9(10)4-7/h4,7,9-11,16H,3,5-6,8,12H2,1-2H3,(H,28,31,35);6,9H,2-5,7H2,1H3,(H,18,19);2-5H,1H3,(H2,10,11)/t16-;9-;/m00./s1. The second kappa shape index (κ2) is 19.8. The first kappa shape index (κ1) is 48.9. The van der Waals surface area contributed by atoms with Crippen LogP contribution in [0.5, 0.6) is 0 Å². The quantitative estimate of drug-likeness (QED) is 0.0909. The first-order valence-corrected chi connectivity index (χ1v) is 22.3. The Bertz CT molecular complexity index is 2920. The molecule has 2 fully saturated rings. The van der Waals surface area contributed by atoms with Gasteiger partial charge in [-0.25, -0.2) is 34.7 Å². The Morgan fingerprint density at radius 3 is 1.87 bits per heavy atom. The van der Waals surface area contributed by atoms with E-state index < -0.39 is 55.6 Å². The molecule has 368 valence electrons. The molecular formula is C47H48F6N12O5. The molecule has 0 unspecified atom stereocenters. The molecule has 2 saturated heterocycles. The number of nitrogens with one attached hydrogen (secondary N) is 2. The number of aromatic nitrogens is 6. The first-order chi connectivity index (χ1) is 33.2. The summed E-state index contributed by atoms with van der Waals surface area (Å²) >= 11 is 0. The molecule has 0 aromatic carbocycles. The summed E-state index contributed by atoms with van der Waals surface area (Å²) in [4.78, 5) is 68.5. The fourth-order valence-electron chi connectivity index (χ4n) is 8.70. The third-order valence-corrected chi connectivity index (χ3v) is 11.9. The van der Waals surface area contributed by atoms with Crippen LogP contribution in [0.2, 0.25) is 0 Å². The van der Waals surface area contributed by atoms with Crippen molar-refractivity contribution in [3.8, 4) is 22.6 Å². The van der Waals surface area contributed by atoms with Crippen LogP contribution in [0.15, 0.2) is 70.0 Å². The highest BCUT2D eigenvalue weighted by Crippen LogP contribution is 2.42. The molecule has 6 aromatic heterocycles. The van der Waals surface area contributed by atoms with Crippen LogP contribution in [-0.2, 0) is 0 Å². The van der Waals surface area contributed by atoms with Gasteiger partial charge in [-0.15, -0.1) is 0 Å². The maximum Gasteiger partial charge on any atom is 0.389 e. The number of fused-ring (bicyclic) bond motifs is 8. The van der Waals surface area contributed by atoms with Crippen molar-refractivity contribution in [2.75, 3.05) is 57.2 Å². The largest absolute Gasteiger partial charge is 0.441 e. The van der Waals surface area contributed by atoms with Crippen LogP contribution in [0.3, 0.4) is 0 Å². The van der Waals surface area contributed by atoms with Crippen LogP contribution >= 0.6 is 0 Å². The van der Waals surface area contributed by atoms with Gasteiger partial charge in [0.1, 0.15) is 23.0 Å². The average molecular weight is 975 g/mol. The normalized spacial score (nSPS) is 16.6. The Morgan fingerprint density at radius 2 is 1.29 bits per heavy atom. The number of nitrogens with two attached hydrogens (primary N) is 1. The van der Waals surface area contributed by atoms with Crippen molar-refractivity contribution in [3.63, 3.8) is 0 Å². The van der Waals surface area contributed by atoms with Crippen LogP contribution in [-0.4, -0.2) is 98.1 Å². The number of hydrogen-bond donors (Lipinski definition) is 3. The topological polar surface area (TPSA) is 215 Å². The summed E-state index contributed by atoms with van der Waals surface area (Å²) in [5, 5.41) is 6.06. The summed E-state index contributed by atoms with van der Waals surface area (Å²) in [5.74, 6) is 2.75. The van der Waals surface area contributed by atoms with Crippen molar-refractivity contribution in [2.45, 2.75) is 90.7 Å². The lowest BCUT2D eigenvalue weighted by Crippen LogP contribution is -2.48. The number of alkyl halides is 6. The van der Waals surface area contributed by atoms with Gasteiger partial charge < -0.3 is 29.7 Å². The summed E-state index contributed by atoms with van der Waals surface area (Å²) in [6.07, 6.45) is -4.23. The number of halogens is 6. The summed E-state index contributed by atoms with van der Waals surface area (Å²) in [6, 6.07) is 9.66. The Kier molecular flexibility index (Phi) is 13.8. The van der Waals surface area contributed by atoms with Gasteiger partial charge >= 0.3 is 18.4 Å². The molecule has 23 heteroatoms.